The summed E-state index contributed by atoms with van der Waals surface area (Å²) in [5, 5.41) is 12.2. The highest BCUT2D eigenvalue weighted by Crippen LogP contribution is 2.26. The van der Waals surface area contributed by atoms with E-state index in [0.717, 1.165) is 5.56 Å². The molecular weight excluding hydrogens is 440 g/mol. The first-order valence-corrected chi connectivity index (χ1v) is 11.5. The van der Waals surface area contributed by atoms with Crippen molar-refractivity contribution in [1.29, 1.82) is 5.26 Å². The van der Waals surface area contributed by atoms with Crippen LogP contribution in [-0.2, 0) is 14.9 Å². The van der Waals surface area contributed by atoms with Crippen molar-refractivity contribution in [1.82, 2.24) is 0 Å². The van der Waals surface area contributed by atoms with Gasteiger partial charge in [0, 0.05) is 11.3 Å². The molecule has 3 aromatic carbocycles. The molecule has 1 N–H and O–H groups in total. The second-order valence-corrected chi connectivity index (χ2v) is 8.52. The zero-order valence-electron chi connectivity index (χ0n) is 18.1. The van der Waals surface area contributed by atoms with Gasteiger partial charge in [0.2, 0.25) is 0 Å². The molecule has 0 spiro atoms. The van der Waals surface area contributed by atoms with Crippen molar-refractivity contribution in [3.63, 3.8) is 0 Å². The van der Waals surface area contributed by atoms with Crippen molar-refractivity contribution in [2.24, 2.45) is 0 Å². The van der Waals surface area contributed by atoms with Gasteiger partial charge in [0.25, 0.3) is 5.91 Å². The molecule has 8 heteroatoms. The van der Waals surface area contributed by atoms with Gasteiger partial charge in [-0.05, 0) is 62.4 Å². The van der Waals surface area contributed by atoms with E-state index in [0.29, 0.717) is 18.0 Å². The predicted molar refractivity (Wildman–Crippen MR) is 125 cm³/mol. The molecule has 168 valence electrons. The highest BCUT2D eigenvalue weighted by atomic mass is 32.2. The molecule has 0 atom stereocenters. The van der Waals surface area contributed by atoms with Crippen LogP contribution in [0.15, 0.2) is 83.3 Å². The van der Waals surface area contributed by atoms with E-state index in [1.165, 1.54) is 24.3 Å². The molecular formula is C25H22N2O5S. The lowest BCUT2D eigenvalue weighted by molar-refractivity contribution is -0.112. The molecule has 0 aliphatic rings. The predicted octanol–water partition coefficient (Wildman–Crippen LogP) is 4.71. The molecule has 33 heavy (non-hydrogen) atoms. The molecule has 0 unspecified atom stereocenters. The van der Waals surface area contributed by atoms with Gasteiger partial charge in [0.15, 0.2) is 0 Å². The molecule has 0 radical (unpaired) electrons. The third-order valence-corrected chi connectivity index (χ3v) is 5.76. The number of benzene rings is 3. The zero-order valence-corrected chi connectivity index (χ0v) is 18.9. The highest BCUT2D eigenvalue weighted by Gasteiger charge is 2.19. The minimum Gasteiger partial charge on any atom is -0.494 e. The molecule has 0 saturated heterocycles. The van der Waals surface area contributed by atoms with Gasteiger partial charge in [0.1, 0.15) is 28.0 Å². The molecule has 1 amide bonds. The van der Waals surface area contributed by atoms with E-state index in [4.69, 9.17) is 8.92 Å². The van der Waals surface area contributed by atoms with Crippen LogP contribution in [0.25, 0.3) is 6.08 Å². The van der Waals surface area contributed by atoms with Crippen LogP contribution in [0.2, 0.25) is 0 Å². The number of nitriles is 1. The van der Waals surface area contributed by atoms with Crippen LogP contribution in [0.5, 0.6) is 11.5 Å². The van der Waals surface area contributed by atoms with E-state index >= 15 is 0 Å². The summed E-state index contributed by atoms with van der Waals surface area (Å²) in [4.78, 5) is 12.6. The van der Waals surface area contributed by atoms with Crippen LogP contribution in [0.4, 0.5) is 5.69 Å². The summed E-state index contributed by atoms with van der Waals surface area (Å²) < 4.78 is 36.0. The van der Waals surface area contributed by atoms with Gasteiger partial charge in [-0.25, -0.2) is 0 Å². The summed E-state index contributed by atoms with van der Waals surface area (Å²) in [7, 11) is -4.10. The Kier molecular flexibility index (Phi) is 7.49. The van der Waals surface area contributed by atoms with Crippen LogP contribution in [0, 0.1) is 18.3 Å². The molecule has 3 aromatic rings. The molecule has 3 rings (SSSR count). The van der Waals surface area contributed by atoms with E-state index in [9.17, 15) is 18.5 Å². The third kappa shape index (κ3) is 6.21. The summed E-state index contributed by atoms with van der Waals surface area (Å²) in [5.41, 5.74) is 1.45. The molecule has 7 nitrogen and oxygen atoms in total. The van der Waals surface area contributed by atoms with E-state index in [1.807, 2.05) is 19.9 Å². The van der Waals surface area contributed by atoms with Gasteiger partial charge < -0.3 is 14.2 Å². The fraction of sp³-hybridized carbons (Fsp3) is 0.120. The maximum Gasteiger partial charge on any atom is 0.339 e. The minimum absolute atomic E-state index is 0.000285. The number of nitrogens with one attached hydrogen (secondary N) is 1. The smallest absolute Gasteiger partial charge is 0.339 e. The third-order valence-electron chi connectivity index (χ3n) is 4.52. The number of nitrogens with zero attached hydrogens (tertiary/aromatic N) is 1. The lowest BCUT2D eigenvalue weighted by Crippen LogP contribution is -2.14. The Hall–Kier alpha value is -4.09. The molecule has 0 bridgehead atoms. The van der Waals surface area contributed by atoms with Crippen LogP contribution in [0.1, 0.15) is 18.1 Å². The number of para-hydroxylation sites is 1. The lowest BCUT2D eigenvalue weighted by atomic mass is 10.1. The number of amides is 1. The summed E-state index contributed by atoms with van der Waals surface area (Å²) in [6.45, 7) is 4.24. The summed E-state index contributed by atoms with van der Waals surface area (Å²) in [6, 6.07) is 21.1. The quantitative estimate of drug-likeness (QED) is 0.295. The van der Waals surface area contributed by atoms with Gasteiger partial charge in [0.05, 0.1) is 6.61 Å². The maximum absolute atomic E-state index is 12.7. The molecule has 0 aliphatic heterocycles. The Bertz CT molecular complexity index is 1310. The van der Waals surface area contributed by atoms with Gasteiger partial charge in [-0.15, -0.1) is 0 Å². The van der Waals surface area contributed by atoms with Crippen LogP contribution < -0.4 is 14.2 Å². The Labute approximate surface area is 193 Å². The Balaban J connectivity index is 1.83. The number of aryl methyl sites for hydroxylation is 1. The standard InChI is InChI=1S/C25H22N2O5S/c1-3-31-22-12-10-21(11-13-22)27-25(28)20(17-26)16-19-6-4-5-7-24(19)32-33(29,30)23-14-8-18(2)9-15-23/h4-16H,3H2,1-2H3,(H,27,28)/b20-16+. The summed E-state index contributed by atoms with van der Waals surface area (Å²) in [6.07, 6.45) is 1.28. The van der Waals surface area contributed by atoms with Crippen LogP contribution >= 0.6 is 0 Å². The summed E-state index contributed by atoms with van der Waals surface area (Å²) >= 11 is 0. The van der Waals surface area contributed by atoms with Gasteiger partial charge in [-0.2, -0.15) is 13.7 Å². The second kappa shape index (κ2) is 10.5. The first-order valence-electron chi connectivity index (χ1n) is 10.1. The number of ether oxygens (including phenoxy) is 1. The van der Waals surface area contributed by atoms with E-state index in [1.54, 1.807) is 54.6 Å². The normalized spacial score (nSPS) is 11.4. The molecule has 0 aromatic heterocycles. The van der Waals surface area contributed by atoms with Crippen LogP contribution in [-0.4, -0.2) is 20.9 Å². The molecule has 0 fully saturated rings. The lowest BCUT2D eigenvalue weighted by Gasteiger charge is -2.10. The van der Waals surface area contributed by atoms with Gasteiger partial charge in [-0.1, -0.05) is 35.9 Å². The Morgan fingerprint density at radius 3 is 2.33 bits per heavy atom. The fourth-order valence-corrected chi connectivity index (χ4v) is 3.80. The molecule has 0 aliphatic carbocycles. The van der Waals surface area contributed by atoms with Crippen molar-refractivity contribution in [3.05, 3.63) is 89.5 Å². The monoisotopic (exact) mass is 462 g/mol. The minimum atomic E-state index is -4.10. The SMILES string of the molecule is CCOc1ccc(NC(=O)/C(C#N)=C/c2ccccc2OS(=O)(=O)c2ccc(C)cc2)cc1. The van der Waals surface area contributed by atoms with Crippen molar-refractivity contribution in [3.8, 4) is 17.6 Å². The maximum atomic E-state index is 12.7. The number of hydrogen-bond acceptors (Lipinski definition) is 6. The number of carbonyl (C=O) groups is 1. The highest BCUT2D eigenvalue weighted by molar-refractivity contribution is 7.87. The average Bonchev–Trinajstić information content (AvgIpc) is 2.80. The topological polar surface area (TPSA) is 105 Å². The largest absolute Gasteiger partial charge is 0.494 e. The number of rotatable bonds is 8. The van der Waals surface area contributed by atoms with E-state index < -0.39 is 16.0 Å². The Morgan fingerprint density at radius 2 is 1.70 bits per heavy atom. The number of hydrogen-bond donors (Lipinski definition) is 1. The molecule has 0 saturated carbocycles. The van der Waals surface area contributed by atoms with Crippen molar-refractivity contribution >= 4 is 27.8 Å². The van der Waals surface area contributed by atoms with Crippen molar-refractivity contribution in [2.75, 3.05) is 11.9 Å². The summed E-state index contributed by atoms with van der Waals surface area (Å²) in [5.74, 6) is 0.0185. The number of anilines is 1. The first-order chi connectivity index (χ1) is 15.8. The van der Waals surface area contributed by atoms with E-state index in [2.05, 4.69) is 5.32 Å². The van der Waals surface area contributed by atoms with Crippen molar-refractivity contribution < 1.29 is 22.1 Å². The van der Waals surface area contributed by atoms with Crippen molar-refractivity contribution in [2.45, 2.75) is 18.7 Å². The Morgan fingerprint density at radius 1 is 1.03 bits per heavy atom. The van der Waals surface area contributed by atoms with Gasteiger partial charge in [-0.3, -0.25) is 4.79 Å². The average molecular weight is 463 g/mol. The van der Waals surface area contributed by atoms with Crippen LogP contribution in [0.3, 0.4) is 0 Å². The molecule has 0 heterocycles. The zero-order chi connectivity index (χ0) is 23.8. The fourth-order valence-electron chi connectivity index (χ4n) is 2.85. The van der Waals surface area contributed by atoms with E-state index in [-0.39, 0.29) is 21.8 Å². The number of carbonyl (C=O) groups excluding carboxylic acids is 1. The van der Waals surface area contributed by atoms with Gasteiger partial charge >= 0.3 is 10.1 Å². The second-order valence-electron chi connectivity index (χ2n) is 6.97. The first kappa shape index (κ1) is 23.6.